The molecule has 1 aromatic heterocycles. The summed E-state index contributed by atoms with van der Waals surface area (Å²) < 4.78 is 15.3. The van der Waals surface area contributed by atoms with E-state index in [0.29, 0.717) is 11.3 Å². The molecule has 0 fully saturated rings. The maximum absolute atomic E-state index is 13.4. The first-order chi connectivity index (χ1) is 16.7. The van der Waals surface area contributed by atoms with E-state index in [1.807, 2.05) is 51.1 Å². The molecule has 0 spiro atoms. The van der Waals surface area contributed by atoms with Crippen molar-refractivity contribution < 1.29 is 9.18 Å². The van der Waals surface area contributed by atoms with Crippen LogP contribution in [0.4, 0.5) is 4.39 Å². The van der Waals surface area contributed by atoms with E-state index in [0.717, 1.165) is 31.5 Å². The Hall–Kier alpha value is -4.33. The van der Waals surface area contributed by atoms with E-state index in [-0.39, 0.29) is 18.9 Å². The van der Waals surface area contributed by atoms with Gasteiger partial charge in [0.25, 0.3) is 11.5 Å². The van der Waals surface area contributed by atoms with Crippen molar-refractivity contribution >= 4 is 5.91 Å². The van der Waals surface area contributed by atoms with Crippen molar-refractivity contribution in [2.24, 2.45) is 0 Å². The van der Waals surface area contributed by atoms with E-state index in [2.05, 4.69) is 10.4 Å². The predicted octanol–water partition coefficient (Wildman–Crippen LogP) is 3.44. The SMILES string of the molecule is Cc1cccc(Cn2c(=O)c(C(=O)NCc3ccc(F)cc3)nn(-c3cc(C)cc(C)c3)c2=O)c1. The van der Waals surface area contributed by atoms with Gasteiger partial charge in [0.15, 0.2) is 0 Å². The summed E-state index contributed by atoms with van der Waals surface area (Å²) in [6.45, 7) is 5.76. The van der Waals surface area contributed by atoms with Crippen molar-refractivity contribution in [3.63, 3.8) is 0 Å². The minimum atomic E-state index is -0.784. The van der Waals surface area contributed by atoms with Crippen LogP contribution in [0.25, 0.3) is 5.69 Å². The van der Waals surface area contributed by atoms with E-state index in [1.54, 1.807) is 12.1 Å². The van der Waals surface area contributed by atoms with Crippen LogP contribution < -0.4 is 16.6 Å². The Balaban J connectivity index is 1.80. The second kappa shape index (κ2) is 9.89. The van der Waals surface area contributed by atoms with Gasteiger partial charge in [0.05, 0.1) is 12.2 Å². The van der Waals surface area contributed by atoms with Crippen molar-refractivity contribution in [3.8, 4) is 5.69 Å². The zero-order valence-electron chi connectivity index (χ0n) is 19.7. The maximum Gasteiger partial charge on any atom is 0.352 e. The molecule has 35 heavy (non-hydrogen) atoms. The summed E-state index contributed by atoms with van der Waals surface area (Å²) in [5.41, 5.74) is 2.83. The standard InChI is InChI=1S/C27H25FN4O3/c1-17-5-4-6-21(12-17)16-31-26(34)24(25(33)29-15-20-7-9-22(28)10-8-20)30-32(27(31)35)23-13-18(2)11-19(3)14-23/h4-14H,15-16H2,1-3H3,(H,29,33). The Morgan fingerprint density at radius 3 is 2.23 bits per heavy atom. The summed E-state index contributed by atoms with van der Waals surface area (Å²) in [5.74, 6) is -1.11. The van der Waals surface area contributed by atoms with Crippen LogP contribution in [0.15, 0.2) is 76.3 Å². The number of hydrogen-bond donors (Lipinski definition) is 1. The zero-order valence-corrected chi connectivity index (χ0v) is 19.7. The lowest BCUT2D eigenvalue weighted by Crippen LogP contribution is -2.46. The fraction of sp³-hybridized carbons (Fsp3) is 0.185. The smallest absolute Gasteiger partial charge is 0.346 e. The Morgan fingerprint density at radius 2 is 1.57 bits per heavy atom. The molecule has 1 N–H and O–H groups in total. The lowest BCUT2D eigenvalue weighted by molar-refractivity contribution is 0.0941. The average Bonchev–Trinajstić information content (AvgIpc) is 2.81. The molecule has 8 heteroatoms. The molecule has 7 nitrogen and oxygen atoms in total. The van der Waals surface area contributed by atoms with Gasteiger partial charge >= 0.3 is 5.69 Å². The summed E-state index contributed by atoms with van der Waals surface area (Å²) >= 11 is 0. The molecule has 4 rings (SSSR count). The van der Waals surface area contributed by atoms with Crippen LogP contribution in [-0.2, 0) is 13.1 Å². The highest BCUT2D eigenvalue weighted by atomic mass is 19.1. The number of nitrogens with one attached hydrogen (secondary N) is 1. The number of benzene rings is 3. The number of halogens is 1. The van der Waals surface area contributed by atoms with Gasteiger partial charge in [0.1, 0.15) is 5.82 Å². The van der Waals surface area contributed by atoms with Crippen LogP contribution in [-0.4, -0.2) is 20.3 Å². The van der Waals surface area contributed by atoms with E-state index in [1.165, 1.54) is 24.3 Å². The van der Waals surface area contributed by atoms with Crippen LogP contribution >= 0.6 is 0 Å². The molecule has 0 saturated carbocycles. The number of hydrogen-bond acceptors (Lipinski definition) is 4. The Kier molecular flexibility index (Phi) is 6.73. The van der Waals surface area contributed by atoms with Crippen molar-refractivity contribution in [1.29, 1.82) is 0 Å². The van der Waals surface area contributed by atoms with Gasteiger partial charge in [0.2, 0.25) is 5.69 Å². The van der Waals surface area contributed by atoms with Crippen LogP contribution in [0.2, 0.25) is 0 Å². The zero-order chi connectivity index (χ0) is 25.1. The number of carbonyl (C=O) groups excluding carboxylic acids is 1. The first-order valence-corrected chi connectivity index (χ1v) is 11.1. The van der Waals surface area contributed by atoms with Crippen molar-refractivity contribution in [1.82, 2.24) is 19.7 Å². The number of amides is 1. The highest BCUT2D eigenvalue weighted by molar-refractivity contribution is 5.91. The molecule has 0 atom stereocenters. The van der Waals surface area contributed by atoms with Crippen molar-refractivity contribution in [2.45, 2.75) is 33.9 Å². The summed E-state index contributed by atoms with van der Waals surface area (Å²) in [6, 6.07) is 18.6. The van der Waals surface area contributed by atoms with Crippen molar-refractivity contribution in [2.75, 3.05) is 0 Å². The Bertz CT molecular complexity index is 1500. The first kappa shape index (κ1) is 23.8. The second-order valence-corrected chi connectivity index (χ2v) is 8.58. The fourth-order valence-corrected chi connectivity index (χ4v) is 3.90. The number of aryl methyl sites for hydroxylation is 3. The number of carbonyl (C=O) groups is 1. The van der Waals surface area contributed by atoms with Gasteiger partial charge < -0.3 is 5.32 Å². The predicted molar refractivity (Wildman–Crippen MR) is 131 cm³/mol. The average molecular weight is 473 g/mol. The molecule has 3 aromatic carbocycles. The minimum absolute atomic E-state index is 0.00902. The van der Waals surface area contributed by atoms with Gasteiger partial charge in [-0.3, -0.25) is 14.2 Å². The third-order valence-corrected chi connectivity index (χ3v) is 5.52. The molecule has 4 aromatic rings. The minimum Gasteiger partial charge on any atom is -0.346 e. The second-order valence-electron chi connectivity index (χ2n) is 8.58. The molecular weight excluding hydrogens is 447 g/mol. The van der Waals surface area contributed by atoms with Crippen LogP contribution in [0, 0.1) is 26.6 Å². The van der Waals surface area contributed by atoms with Gasteiger partial charge in [0, 0.05) is 6.54 Å². The summed E-state index contributed by atoms with van der Waals surface area (Å²) in [6.07, 6.45) is 0. The highest BCUT2D eigenvalue weighted by Crippen LogP contribution is 2.12. The fourth-order valence-electron chi connectivity index (χ4n) is 3.90. The summed E-state index contributed by atoms with van der Waals surface area (Å²) in [4.78, 5) is 39.7. The lowest BCUT2D eigenvalue weighted by atomic mass is 10.1. The summed E-state index contributed by atoms with van der Waals surface area (Å²) in [7, 11) is 0. The number of rotatable bonds is 6. The normalized spacial score (nSPS) is 10.9. The van der Waals surface area contributed by atoms with Crippen LogP contribution in [0.3, 0.4) is 0 Å². The third-order valence-electron chi connectivity index (χ3n) is 5.52. The summed E-state index contributed by atoms with van der Waals surface area (Å²) in [5, 5.41) is 6.81. The molecule has 0 aliphatic carbocycles. The molecule has 0 radical (unpaired) electrons. The Labute approximate surface area is 201 Å². The quantitative estimate of drug-likeness (QED) is 0.466. The van der Waals surface area contributed by atoms with E-state index in [9.17, 15) is 18.8 Å². The van der Waals surface area contributed by atoms with Gasteiger partial charge in [-0.2, -0.15) is 9.78 Å². The molecule has 0 aliphatic rings. The van der Waals surface area contributed by atoms with Crippen molar-refractivity contribution in [3.05, 3.63) is 127 Å². The van der Waals surface area contributed by atoms with E-state index < -0.39 is 22.9 Å². The van der Waals surface area contributed by atoms with E-state index >= 15 is 0 Å². The van der Waals surface area contributed by atoms with Crippen LogP contribution in [0.1, 0.15) is 38.3 Å². The van der Waals surface area contributed by atoms with Gasteiger partial charge in [-0.15, -0.1) is 0 Å². The maximum atomic E-state index is 13.4. The molecular formula is C27H25FN4O3. The first-order valence-electron chi connectivity index (χ1n) is 11.1. The van der Waals surface area contributed by atoms with Gasteiger partial charge in [-0.05, 0) is 67.3 Å². The van der Waals surface area contributed by atoms with Gasteiger partial charge in [-0.25, -0.2) is 9.18 Å². The lowest BCUT2D eigenvalue weighted by Gasteiger charge is -2.13. The molecule has 0 unspecified atom stereocenters. The van der Waals surface area contributed by atoms with E-state index in [4.69, 9.17) is 0 Å². The molecule has 1 amide bonds. The molecule has 0 bridgehead atoms. The molecule has 1 heterocycles. The van der Waals surface area contributed by atoms with Gasteiger partial charge in [-0.1, -0.05) is 48.0 Å². The third kappa shape index (κ3) is 5.43. The molecule has 0 aliphatic heterocycles. The van der Waals surface area contributed by atoms with Crippen LogP contribution in [0.5, 0.6) is 0 Å². The Morgan fingerprint density at radius 1 is 0.886 bits per heavy atom. The topological polar surface area (TPSA) is 86.0 Å². The molecule has 0 saturated heterocycles. The molecule has 178 valence electrons. The monoisotopic (exact) mass is 472 g/mol. The number of nitrogens with zero attached hydrogens (tertiary/aromatic N) is 3. The number of aromatic nitrogens is 3. The largest absolute Gasteiger partial charge is 0.352 e. The highest BCUT2D eigenvalue weighted by Gasteiger charge is 2.21.